The van der Waals surface area contributed by atoms with Gasteiger partial charge in [0.05, 0.1) is 12.6 Å². The molecule has 6 heteroatoms. The number of thiazole rings is 1. The van der Waals surface area contributed by atoms with Crippen LogP contribution in [-0.4, -0.2) is 19.7 Å². The van der Waals surface area contributed by atoms with Crippen LogP contribution in [-0.2, 0) is 13.1 Å². The van der Waals surface area contributed by atoms with Crippen LogP contribution in [0.1, 0.15) is 36.4 Å². The summed E-state index contributed by atoms with van der Waals surface area (Å²) in [5.41, 5.74) is 1.08. The minimum atomic E-state index is 0.246. The van der Waals surface area contributed by atoms with E-state index in [1.54, 1.807) is 17.7 Å². The zero-order chi connectivity index (χ0) is 12.3. The molecule has 0 aromatic carbocycles. The van der Waals surface area contributed by atoms with Crippen LogP contribution >= 0.6 is 11.3 Å². The zero-order valence-corrected chi connectivity index (χ0v) is 11.2. The van der Waals surface area contributed by atoms with Crippen molar-refractivity contribution in [2.45, 2.75) is 39.9 Å². The summed E-state index contributed by atoms with van der Waals surface area (Å²) in [4.78, 5) is 8.70. The van der Waals surface area contributed by atoms with Crippen molar-refractivity contribution in [3.05, 3.63) is 28.2 Å². The Morgan fingerprint density at radius 2 is 2.35 bits per heavy atom. The van der Waals surface area contributed by atoms with Crippen LogP contribution in [0, 0.1) is 6.92 Å². The predicted octanol–water partition coefficient (Wildman–Crippen LogP) is 1.91. The second kappa shape index (κ2) is 5.37. The normalized spacial score (nSPS) is 12.9. The first-order valence-electron chi connectivity index (χ1n) is 5.72. The standard InChI is InChI=1S/C11H17N5S/c1-4-16-10(13-7-14-16)5-12-9(3)11-15-8(2)6-17-11/h6-7,9,12H,4-5H2,1-3H3. The van der Waals surface area contributed by atoms with Crippen molar-refractivity contribution < 1.29 is 0 Å². The fourth-order valence-electron chi connectivity index (χ4n) is 1.59. The molecule has 2 rings (SSSR count). The van der Waals surface area contributed by atoms with Crippen molar-refractivity contribution in [2.75, 3.05) is 0 Å². The van der Waals surface area contributed by atoms with Gasteiger partial charge in [-0.3, -0.25) is 0 Å². The number of aromatic nitrogens is 4. The van der Waals surface area contributed by atoms with Crippen LogP contribution in [0.15, 0.2) is 11.7 Å². The molecule has 0 amide bonds. The van der Waals surface area contributed by atoms with Gasteiger partial charge in [0.1, 0.15) is 17.2 Å². The number of hydrogen-bond acceptors (Lipinski definition) is 5. The highest BCUT2D eigenvalue weighted by Gasteiger charge is 2.10. The molecular weight excluding hydrogens is 234 g/mol. The predicted molar refractivity (Wildman–Crippen MR) is 67.8 cm³/mol. The lowest BCUT2D eigenvalue weighted by molar-refractivity contribution is 0.522. The van der Waals surface area contributed by atoms with Gasteiger partial charge in [0.15, 0.2) is 0 Å². The van der Waals surface area contributed by atoms with Crippen molar-refractivity contribution in [1.82, 2.24) is 25.1 Å². The van der Waals surface area contributed by atoms with Gasteiger partial charge in [-0.15, -0.1) is 11.3 Å². The van der Waals surface area contributed by atoms with E-state index >= 15 is 0 Å². The molecule has 0 spiro atoms. The number of nitrogens with zero attached hydrogens (tertiary/aromatic N) is 4. The van der Waals surface area contributed by atoms with Crippen LogP contribution in [0.2, 0.25) is 0 Å². The maximum atomic E-state index is 4.47. The van der Waals surface area contributed by atoms with E-state index in [2.05, 4.69) is 39.6 Å². The summed E-state index contributed by atoms with van der Waals surface area (Å²) in [5, 5.41) is 10.7. The van der Waals surface area contributed by atoms with Crippen LogP contribution in [0.5, 0.6) is 0 Å². The third-order valence-electron chi connectivity index (χ3n) is 2.57. The molecule has 17 heavy (non-hydrogen) atoms. The highest BCUT2D eigenvalue weighted by molar-refractivity contribution is 7.09. The summed E-state index contributed by atoms with van der Waals surface area (Å²) < 4.78 is 1.90. The van der Waals surface area contributed by atoms with Gasteiger partial charge < -0.3 is 5.32 Å². The first-order chi connectivity index (χ1) is 8.20. The van der Waals surface area contributed by atoms with E-state index in [-0.39, 0.29) is 6.04 Å². The van der Waals surface area contributed by atoms with Crippen LogP contribution < -0.4 is 5.32 Å². The molecule has 1 N–H and O–H groups in total. The van der Waals surface area contributed by atoms with E-state index in [0.29, 0.717) is 6.54 Å². The smallest absolute Gasteiger partial charge is 0.140 e. The first-order valence-corrected chi connectivity index (χ1v) is 6.60. The Morgan fingerprint density at radius 1 is 1.53 bits per heavy atom. The number of hydrogen-bond donors (Lipinski definition) is 1. The van der Waals surface area contributed by atoms with Crippen molar-refractivity contribution in [3.8, 4) is 0 Å². The van der Waals surface area contributed by atoms with E-state index in [0.717, 1.165) is 23.1 Å². The maximum Gasteiger partial charge on any atom is 0.140 e. The van der Waals surface area contributed by atoms with E-state index < -0.39 is 0 Å². The lowest BCUT2D eigenvalue weighted by atomic mass is 10.3. The van der Waals surface area contributed by atoms with E-state index in [9.17, 15) is 0 Å². The van der Waals surface area contributed by atoms with Crippen molar-refractivity contribution in [2.24, 2.45) is 0 Å². The molecule has 0 fully saturated rings. The molecule has 0 bridgehead atoms. The summed E-state index contributed by atoms with van der Waals surface area (Å²) >= 11 is 1.69. The first kappa shape index (κ1) is 12.2. The Bertz CT molecular complexity index is 476. The van der Waals surface area contributed by atoms with Gasteiger partial charge in [0, 0.05) is 17.6 Å². The molecule has 0 saturated carbocycles. The van der Waals surface area contributed by atoms with Gasteiger partial charge in [0.25, 0.3) is 0 Å². The minimum absolute atomic E-state index is 0.246. The van der Waals surface area contributed by atoms with Gasteiger partial charge in [-0.05, 0) is 20.8 Å². The lowest BCUT2D eigenvalue weighted by Gasteiger charge is -2.10. The zero-order valence-electron chi connectivity index (χ0n) is 10.3. The Morgan fingerprint density at radius 3 is 3.00 bits per heavy atom. The van der Waals surface area contributed by atoms with E-state index in [4.69, 9.17) is 0 Å². The van der Waals surface area contributed by atoms with Gasteiger partial charge in [-0.2, -0.15) is 5.10 Å². The molecule has 2 aromatic rings. The molecule has 1 atom stereocenters. The van der Waals surface area contributed by atoms with Crippen molar-refractivity contribution >= 4 is 11.3 Å². The monoisotopic (exact) mass is 251 g/mol. The molecule has 1 unspecified atom stereocenters. The molecule has 2 heterocycles. The Hall–Kier alpha value is -1.27. The molecule has 0 aliphatic heterocycles. The van der Waals surface area contributed by atoms with Crippen LogP contribution in [0.4, 0.5) is 0 Å². The maximum absolute atomic E-state index is 4.47. The fourth-order valence-corrected chi connectivity index (χ4v) is 2.42. The number of nitrogens with one attached hydrogen (secondary N) is 1. The minimum Gasteiger partial charge on any atom is -0.301 e. The lowest BCUT2D eigenvalue weighted by Crippen LogP contribution is -2.20. The SMILES string of the molecule is CCn1ncnc1CNC(C)c1nc(C)cs1. The molecular formula is C11H17N5S. The van der Waals surface area contributed by atoms with Gasteiger partial charge >= 0.3 is 0 Å². The fraction of sp³-hybridized carbons (Fsp3) is 0.545. The van der Waals surface area contributed by atoms with Crippen LogP contribution in [0.3, 0.4) is 0 Å². The highest BCUT2D eigenvalue weighted by Crippen LogP contribution is 2.17. The van der Waals surface area contributed by atoms with E-state index in [1.807, 2.05) is 11.6 Å². The summed E-state index contributed by atoms with van der Waals surface area (Å²) in [6, 6.07) is 0.246. The van der Waals surface area contributed by atoms with Gasteiger partial charge in [-0.25, -0.2) is 14.6 Å². The largest absolute Gasteiger partial charge is 0.301 e. The Labute approximate surface area is 105 Å². The average Bonchev–Trinajstić information content (AvgIpc) is 2.94. The Balaban J connectivity index is 1.94. The topological polar surface area (TPSA) is 55.6 Å². The number of rotatable bonds is 5. The summed E-state index contributed by atoms with van der Waals surface area (Å²) in [6.45, 7) is 7.76. The molecule has 0 radical (unpaired) electrons. The van der Waals surface area contributed by atoms with Gasteiger partial charge in [0.2, 0.25) is 0 Å². The third-order valence-corrected chi connectivity index (χ3v) is 3.71. The van der Waals surface area contributed by atoms with E-state index in [1.165, 1.54) is 0 Å². The second-order valence-electron chi connectivity index (χ2n) is 3.92. The molecule has 2 aromatic heterocycles. The molecule has 0 aliphatic carbocycles. The summed E-state index contributed by atoms with van der Waals surface area (Å²) in [6.07, 6.45) is 1.60. The van der Waals surface area contributed by atoms with Crippen molar-refractivity contribution in [3.63, 3.8) is 0 Å². The molecule has 0 saturated heterocycles. The van der Waals surface area contributed by atoms with Crippen LogP contribution in [0.25, 0.3) is 0 Å². The highest BCUT2D eigenvalue weighted by atomic mass is 32.1. The second-order valence-corrected chi connectivity index (χ2v) is 4.81. The molecule has 92 valence electrons. The third kappa shape index (κ3) is 2.89. The number of aryl methyl sites for hydroxylation is 2. The summed E-state index contributed by atoms with van der Waals surface area (Å²) in [5.74, 6) is 0.965. The molecule has 0 aliphatic rings. The average molecular weight is 251 g/mol. The Kier molecular flexibility index (Phi) is 3.86. The molecule has 5 nitrogen and oxygen atoms in total. The van der Waals surface area contributed by atoms with Gasteiger partial charge in [-0.1, -0.05) is 0 Å². The van der Waals surface area contributed by atoms with Crippen molar-refractivity contribution in [1.29, 1.82) is 0 Å². The quantitative estimate of drug-likeness (QED) is 0.882. The summed E-state index contributed by atoms with van der Waals surface area (Å²) in [7, 11) is 0.